The number of nitrogens with one attached hydrogen (secondary N) is 1. The first-order valence-electron chi connectivity index (χ1n) is 15.6. The van der Waals surface area contributed by atoms with E-state index in [9.17, 15) is 18.0 Å². The number of hydrogen-bond donors (Lipinski definition) is 1. The van der Waals surface area contributed by atoms with Crippen molar-refractivity contribution < 1.29 is 18.0 Å². The van der Waals surface area contributed by atoms with Crippen LogP contribution >= 0.6 is 23.2 Å². The summed E-state index contributed by atoms with van der Waals surface area (Å²) >= 11 is 12.5. The van der Waals surface area contributed by atoms with Crippen molar-refractivity contribution in [2.45, 2.75) is 83.8 Å². The van der Waals surface area contributed by atoms with Gasteiger partial charge in [0.25, 0.3) is 0 Å². The molecule has 1 atom stereocenters. The smallest absolute Gasteiger partial charge is 0.243 e. The van der Waals surface area contributed by atoms with Crippen LogP contribution in [-0.4, -0.2) is 50.0 Å². The zero-order valence-electron chi connectivity index (χ0n) is 26.3. The molecule has 0 saturated heterocycles. The number of carbonyl (C=O) groups excluding carboxylic acids is 2. The minimum atomic E-state index is -3.60. The highest BCUT2D eigenvalue weighted by atomic mass is 35.5. The molecule has 1 fully saturated rings. The molecule has 7 nitrogen and oxygen atoms in total. The van der Waals surface area contributed by atoms with Crippen LogP contribution in [-0.2, 0) is 32.6 Å². The van der Waals surface area contributed by atoms with Gasteiger partial charge in [-0.25, -0.2) is 8.42 Å². The third-order valence-electron chi connectivity index (χ3n) is 8.56. The van der Waals surface area contributed by atoms with E-state index >= 15 is 0 Å². The van der Waals surface area contributed by atoms with Gasteiger partial charge in [-0.2, -0.15) is 0 Å². The number of anilines is 1. The number of amides is 2. The predicted octanol–water partition coefficient (Wildman–Crippen LogP) is 7.25. The summed E-state index contributed by atoms with van der Waals surface area (Å²) in [5, 5.41) is 4.01. The number of rotatable bonds is 13. The Bertz CT molecular complexity index is 1580. The van der Waals surface area contributed by atoms with Crippen LogP contribution in [0.3, 0.4) is 0 Å². The second-order valence-corrected chi connectivity index (χ2v) is 14.7. The Morgan fingerprint density at radius 3 is 2.29 bits per heavy atom. The first-order chi connectivity index (χ1) is 21.4. The van der Waals surface area contributed by atoms with Gasteiger partial charge >= 0.3 is 0 Å². The van der Waals surface area contributed by atoms with E-state index in [-0.39, 0.29) is 43.8 Å². The van der Waals surface area contributed by atoms with E-state index in [1.165, 1.54) is 10.6 Å². The van der Waals surface area contributed by atoms with E-state index in [1.807, 2.05) is 56.3 Å². The summed E-state index contributed by atoms with van der Waals surface area (Å²) in [6.07, 6.45) is 6.99. The van der Waals surface area contributed by atoms with E-state index in [0.29, 0.717) is 22.2 Å². The minimum absolute atomic E-state index is 0.0558. The predicted molar refractivity (Wildman–Crippen MR) is 183 cm³/mol. The molecule has 0 radical (unpaired) electrons. The van der Waals surface area contributed by atoms with Crippen molar-refractivity contribution in [2.24, 2.45) is 0 Å². The molecule has 1 N–H and O–H groups in total. The maximum Gasteiger partial charge on any atom is 0.243 e. The van der Waals surface area contributed by atoms with E-state index in [0.717, 1.165) is 54.4 Å². The molecule has 0 aromatic heterocycles. The summed E-state index contributed by atoms with van der Waals surface area (Å²) < 4.78 is 27.1. The number of hydrogen-bond acceptors (Lipinski definition) is 4. The average Bonchev–Trinajstić information content (AvgIpc) is 3.01. The van der Waals surface area contributed by atoms with Crippen LogP contribution in [0.5, 0.6) is 0 Å². The Morgan fingerprint density at radius 2 is 1.62 bits per heavy atom. The third kappa shape index (κ3) is 9.71. The van der Waals surface area contributed by atoms with Crippen molar-refractivity contribution in [3.8, 4) is 0 Å². The van der Waals surface area contributed by atoms with Crippen LogP contribution in [0.4, 0.5) is 5.69 Å². The van der Waals surface area contributed by atoms with Crippen LogP contribution in [0.1, 0.15) is 67.2 Å². The van der Waals surface area contributed by atoms with Crippen molar-refractivity contribution in [3.05, 3.63) is 99.0 Å². The van der Waals surface area contributed by atoms with E-state index in [2.05, 4.69) is 5.32 Å². The molecule has 242 valence electrons. The number of halogens is 2. The second-order valence-electron chi connectivity index (χ2n) is 12.0. The Labute approximate surface area is 278 Å². The molecule has 0 bridgehead atoms. The molecule has 1 unspecified atom stereocenters. The molecule has 0 spiro atoms. The van der Waals surface area contributed by atoms with E-state index in [1.54, 1.807) is 29.2 Å². The number of benzene rings is 3. The fourth-order valence-electron chi connectivity index (χ4n) is 5.92. The van der Waals surface area contributed by atoms with Crippen molar-refractivity contribution in [1.82, 2.24) is 10.2 Å². The van der Waals surface area contributed by atoms with Gasteiger partial charge in [0, 0.05) is 32.0 Å². The lowest BCUT2D eigenvalue weighted by Gasteiger charge is -2.34. The molecule has 45 heavy (non-hydrogen) atoms. The lowest BCUT2D eigenvalue weighted by atomic mass is 9.94. The number of carbonyl (C=O) groups is 2. The quantitative estimate of drug-likeness (QED) is 0.207. The van der Waals surface area contributed by atoms with E-state index in [4.69, 9.17) is 23.2 Å². The molecule has 3 aromatic carbocycles. The Balaban J connectivity index is 1.62. The Morgan fingerprint density at radius 1 is 0.911 bits per heavy atom. The van der Waals surface area contributed by atoms with Crippen molar-refractivity contribution in [1.29, 1.82) is 0 Å². The zero-order chi connectivity index (χ0) is 32.6. The molecule has 1 aliphatic carbocycles. The molecule has 4 rings (SSSR count). The molecule has 1 aliphatic rings. The fourth-order valence-corrected chi connectivity index (χ4v) is 7.26. The summed E-state index contributed by atoms with van der Waals surface area (Å²) in [5.74, 6) is -0.428. The van der Waals surface area contributed by atoms with Crippen LogP contribution in [0.2, 0.25) is 10.0 Å². The van der Waals surface area contributed by atoms with Crippen LogP contribution in [0.25, 0.3) is 0 Å². The molecule has 3 aromatic rings. The maximum absolute atomic E-state index is 14.1. The fraction of sp³-hybridized carbons (Fsp3) is 0.429. The van der Waals surface area contributed by atoms with Gasteiger partial charge in [0.2, 0.25) is 21.8 Å². The van der Waals surface area contributed by atoms with Crippen LogP contribution < -0.4 is 9.62 Å². The summed E-state index contributed by atoms with van der Waals surface area (Å²) in [7, 11) is -3.60. The van der Waals surface area contributed by atoms with Gasteiger partial charge in [-0.15, -0.1) is 0 Å². The summed E-state index contributed by atoms with van der Waals surface area (Å²) in [6.45, 7) is 4.12. The number of nitrogens with zero attached hydrogens (tertiary/aromatic N) is 2. The summed E-state index contributed by atoms with van der Waals surface area (Å²) in [5.41, 5.74) is 4.14. The number of sulfonamides is 1. The number of aryl methyl sites for hydroxylation is 1. The van der Waals surface area contributed by atoms with Gasteiger partial charge in [-0.3, -0.25) is 13.9 Å². The van der Waals surface area contributed by atoms with Gasteiger partial charge in [0.1, 0.15) is 6.04 Å². The normalized spacial score (nSPS) is 14.5. The molecule has 0 aliphatic heterocycles. The molecule has 1 saturated carbocycles. The standard InChI is InChI=1S/C35H43Cl2N3O4S/c1-25-12-10-17-32(26(25)2)40(45(3,43)44)21-11-18-34(41)39(24-28-19-20-30(36)31(37)22-28)33(23-27-13-6-4-7-14-27)35(42)38-29-15-8-5-9-16-29/h4,6-7,10,12-14,17,19-20,22,29,33H,5,8-9,11,15-16,18,21,23-24H2,1-3H3,(H,38,42). The largest absolute Gasteiger partial charge is 0.352 e. The second kappa shape index (κ2) is 16.0. The Kier molecular flexibility index (Phi) is 12.3. The highest BCUT2D eigenvalue weighted by Crippen LogP contribution is 2.27. The summed E-state index contributed by atoms with van der Waals surface area (Å²) in [6, 6.07) is 19.7. The molecule has 0 heterocycles. The molecular weight excluding hydrogens is 629 g/mol. The topological polar surface area (TPSA) is 86.8 Å². The lowest BCUT2D eigenvalue weighted by Crippen LogP contribution is -2.53. The average molecular weight is 673 g/mol. The van der Waals surface area contributed by atoms with Crippen LogP contribution in [0.15, 0.2) is 66.7 Å². The van der Waals surface area contributed by atoms with Crippen molar-refractivity contribution in [3.63, 3.8) is 0 Å². The molecular formula is C35H43Cl2N3O4S. The van der Waals surface area contributed by atoms with Crippen molar-refractivity contribution >= 4 is 50.7 Å². The monoisotopic (exact) mass is 671 g/mol. The zero-order valence-corrected chi connectivity index (χ0v) is 28.6. The van der Waals surface area contributed by atoms with E-state index < -0.39 is 16.1 Å². The van der Waals surface area contributed by atoms with Gasteiger partial charge in [0.15, 0.2) is 0 Å². The summed E-state index contributed by atoms with van der Waals surface area (Å²) in [4.78, 5) is 29.8. The first kappa shape index (κ1) is 34.8. The SMILES string of the molecule is Cc1cccc(N(CCCC(=O)N(Cc2ccc(Cl)c(Cl)c2)C(Cc2ccccc2)C(=O)NC2CCCCC2)S(C)(=O)=O)c1C. The third-order valence-corrected chi connectivity index (χ3v) is 10.5. The maximum atomic E-state index is 14.1. The highest BCUT2D eigenvalue weighted by Gasteiger charge is 2.32. The lowest BCUT2D eigenvalue weighted by molar-refractivity contribution is -0.141. The van der Waals surface area contributed by atoms with Crippen molar-refractivity contribution in [2.75, 3.05) is 17.1 Å². The first-order valence-corrected chi connectivity index (χ1v) is 18.2. The van der Waals surface area contributed by atoms with Gasteiger partial charge in [-0.05, 0) is 73.6 Å². The molecule has 2 amide bonds. The molecule has 10 heteroatoms. The van der Waals surface area contributed by atoms with Gasteiger partial charge in [0.05, 0.1) is 22.0 Å². The minimum Gasteiger partial charge on any atom is -0.352 e. The van der Waals surface area contributed by atoms with Crippen LogP contribution in [0, 0.1) is 13.8 Å². The Hall–Kier alpha value is -3.07. The highest BCUT2D eigenvalue weighted by molar-refractivity contribution is 7.92. The van der Waals surface area contributed by atoms with Gasteiger partial charge < -0.3 is 10.2 Å². The van der Waals surface area contributed by atoms with Gasteiger partial charge in [-0.1, -0.05) is 91.0 Å².